The maximum Gasteiger partial charge on any atom is 0.302 e. The van der Waals surface area contributed by atoms with E-state index in [1.807, 2.05) is 7.11 Å². The van der Waals surface area contributed by atoms with Gasteiger partial charge >= 0.3 is 5.97 Å². The second-order valence-electron chi connectivity index (χ2n) is 19.8. The number of esters is 1. The van der Waals surface area contributed by atoms with Crippen LogP contribution >= 0.6 is 0 Å². The first kappa shape index (κ1) is 40.4. The monoisotopic (exact) mass is 748 g/mol. The standard InChI is InChI=1S/C43H75N3O7/c1-25(2)12-14-45-15-16-51-36-19-29(6-9-35(36)49)41-34(24-52-26(3)47)32-7-8-33-39-30(18-31(48)20-37(39)50-4)22-43(40(33)42(32)53-41)13-11-27(21-43)17-28-5-10-38(44)46-23-28/h25,27-42,45-46,48-49H,5-24,44H2,1-4H3/p+2/t27-,28?,29?,30?,31?,32?,33?,34-,35?,36?,37?,38?,39?,40?,41-,42?,43+/m0/s1. The molecule has 0 radical (unpaired) electrons. The molecule has 53 heavy (non-hydrogen) atoms. The molecule has 7 fully saturated rings. The Balaban J connectivity index is 1.12. The number of nitrogens with two attached hydrogens (primary N) is 3. The van der Waals surface area contributed by atoms with Crippen molar-refractivity contribution in [2.45, 2.75) is 160 Å². The van der Waals surface area contributed by atoms with Crippen molar-refractivity contribution in [2.75, 3.05) is 40.0 Å². The minimum Gasteiger partial charge on any atom is -0.465 e. The van der Waals surface area contributed by atoms with E-state index in [-0.39, 0.29) is 59.9 Å². The van der Waals surface area contributed by atoms with Crippen molar-refractivity contribution >= 4 is 5.97 Å². The van der Waals surface area contributed by atoms with Gasteiger partial charge in [-0.15, -0.1) is 0 Å². The Labute approximate surface area is 320 Å². The average Bonchev–Trinajstić information content (AvgIpc) is 3.70. The number of aliphatic hydroxyl groups is 2. The summed E-state index contributed by atoms with van der Waals surface area (Å²) in [7, 11) is 1.86. The first-order chi connectivity index (χ1) is 25.5. The number of carbonyl (C=O) groups excluding carboxylic acids is 1. The molecule has 0 aromatic rings. The number of carbonyl (C=O) groups is 1. The minimum atomic E-state index is -0.444. The molecule has 17 atom stereocenters. The second-order valence-corrected chi connectivity index (χ2v) is 19.8. The van der Waals surface area contributed by atoms with Crippen LogP contribution in [0.3, 0.4) is 0 Å². The summed E-state index contributed by atoms with van der Waals surface area (Å²) in [5, 5.41) is 26.9. The summed E-state index contributed by atoms with van der Waals surface area (Å²) in [6.45, 7) is 10.3. The summed E-state index contributed by atoms with van der Waals surface area (Å²) in [4.78, 5) is 12.3. The number of quaternary nitrogens is 2. The lowest BCUT2D eigenvalue weighted by Gasteiger charge is -2.61. The van der Waals surface area contributed by atoms with Gasteiger partial charge in [-0.3, -0.25) is 10.5 Å². The molecule has 0 bridgehead atoms. The molecule has 0 aromatic heterocycles. The fraction of sp³-hybridized carbons (Fsp3) is 0.977. The molecular weight excluding hydrogens is 670 g/mol. The van der Waals surface area contributed by atoms with Crippen LogP contribution in [0.1, 0.15) is 117 Å². The summed E-state index contributed by atoms with van der Waals surface area (Å²) in [5.74, 6) is 4.72. The van der Waals surface area contributed by atoms with Gasteiger partial charge in [-0.2, -0.15) is 0 Å². The highest BCUT2D eigenvalue weighted by Gasteiger charge is 2.65. The van der Waals surface area contributed by atoms with Crippen LogP contribution in [-0.2, 0) is 23.7 Å². The van der Waals surface area contributed by atoms with Crippen molar-refractivity contribution in [3.05, 3.63) is 0 Å². The molecule has 5 aliphatic carbocycles. The van der Waals surface area contributed by atoms with E-state index in [9.17, 15) is 15.0 Å². The number of piperidine rings is 1. The molecule has 304 valence electrons. The smallest absolute Gasteiger partial charge is 0.302 e. The molecule has 2 aliphatic heterocycles. The quantitative estimate of drug-likeness (QED) is 0.143. The zero-order chi connectivity index (χ0) is 37.3. The third kappa shape index (κ3) is 9.00. The van der Waals surface area contributed by atoms with E-state index in [1.165, 1.54) is 58.3 Å². The van der Waals surface area contributed by atoms with Crippen LogP contribution in [0.2, 0.25) is 0 Å². The molecule has 10 heteroatoms. The molecular formula is C43H77N3O7+2. The van der Waals surface area contributed by atoms with Crippen molar-refractivity contribution in [3.8, 4) is 0 Å². The summed E-state index contributed by atoms with van der Waals surface area (Å²) in [6.07, 6.45) is 15.9. The third-order valence-corrected chi connectivity index (χ3v) is 16.0. The maximum atomic E-state index is 12.3. The van der Waals surface area contributed by atoms with Gasteiger partial charge in [0, 0.05) is 32.3 Å². The van der Waals surface area contributed by atoms with Crippen molar-refractivity contribution in [2.24, 2.45) is 70.3 Å². The topological polar surface area (TPSA) is 154 Å². The molecule has 7 aliphatic rings. The van der Waals surface area contributed by atoms with Crippen molar-refractivity contribution in [1.29, 1.82) is 0 Å². The predicted molar refractivity (Wildman–Crippen MR) is 202 cm³/mol. The van der Waals surface area contributed by atoms with Crippen LogP contribution in [0.15, 0.2) is 0 Å². The lowest BCUT2D eigenvalue weighted by atomic mass is 9.45. The Morgan fingerprint density at radius 1 is 0.943 bits per heavy atom. The van der Waals surface area contributed by atoms with E-state index in [4.69, 9.17) is 24.7 Å². The first-order valence-corrected chi connectivity index (χ1v) is 22.2. The molecule has 2 heterocycles. The van der Waals surface area contributed by atoms with Crippen LogP contribution in [-0.4, -0.2) is 98.9 Å². The van der Waals surface area contributed by atoms with Crippen LogP contribution in [0, 0.1) is 64.6 Å². The maximum absolute atomic E-state index is 12.3. The van der Waals surface area contributed by atoms with Crippen molar-refractivity contribution < 1.29 is 44.6 Å². The second kappa shape index (κ2) is 17.7. The SMILES string of the molecule is COC1CC(O)CC2C[C@]3(CC[C@@H](CC4CCC(N)[NH2+]C4)C3)C3C(CCC4C3O[C@@H](C3CCC(O)C(OCC[NH2+]CCC(C)C)C3)[C@H]4COC(C)=O)C21. The normalized spacial score (nSPS) is 46.9. The fourth-order valence-electron chi connectivity index (χ4n) is 13.8. The lowest BCUT2D eigenvalue weighted by Crippen LogP contribution is -2.95. The van der Waals surface area contributed by atoms with Gasteiger partial charge in [0.2, 0.25) is 0 Å². The largest absolute Gasteiger partial charge is 0.465 e. The number of rotatable bonds is 13. The summed E-state index contributed by atoms with van der Waals surface area (Å²) in [5.41, 5.74) is 6.48. The number of hydrogen-bond acceptors (Lipinski definition) is 8. The number of methoxy groups -OCH3 is 1. The van der Waals surface area contributed by atoms with Crippen molar-refractivity contribution in [3.63, 3.8) is 0 Å². The Morgan fingerprint density at radius 3 is 2.53 bits per heavy atom. The third-order valence-electron chi connectivity index (χ3n) is 16.0. The van der Waals surface area contributed by atoms with Gasteiger partial charge < -0.3 is 39.8 Å². The Bertz CT molecular complexity index is 1180. The first-order valence-electron chi connectivity index (χ1n) is 22.2. The van der Waals surface area contributed by atoms with E-state index in [1.54, 1.807) is 0 Å². The molecule has 8 N–H and O–H groups in total. The van der Waals surface area contributed by atoms with E-state index < -0.39 is 6.10 Å². The average molecular weight is 748 g/mol. The number of aliphatic hydroxyl groups excluding tert-OH is 2. The lowest BCUT2D eigenvalue weighted by molar-refractivity contribution is -0.703. The molecule has 7 rings (SSSR count). The zero-order valence-electron chi connectivity index (χ0n) is 33.6. The highest BCUT2D eigenvalue weighted by molar-refractivity contribution is 5.65. The van der Waals surface area contributed by atoms with E-state index in [2.05, 4.69) is 24.5 Å². The predicted octanol–water partition coefficient (Wildman–Crippen LogP) is 2.97. The van der Waals surface area contributed by atoms with Gasteiger partial charge in [-0.05, 0) is 143 Å². The molecule has 2 saturated heterocycles. The summed E-state index contributed by atoms with van der Waals surface area (Å²) < 4.78 is 26.1. The number of ether oxygens (including phenoxy) is 4. The molecule has 13 unspecified atom stereocenters. The summed E-state index contributed by atoms with van der Waals surface area (Å²) in [6, 6.07) is 0. The van der Waals surface area contributed by atoms with Gasteiger partial charge in [0.25, 0.3) is 0 Å². The van der Waals surface area contributed by atoms with Gasteiger partial charge in [0.1, 0.15) is 6.17 Å². The Morgan fingerprint density at radius 2 is 1.77 bits per heavy atom. The molecule has 10 nitrogen and oxygen atoms in total. The Hall–Kier alpha value is -0.850. The molecule has 0 aromatic carbocycles. The molecule has 0 amide bonds. The number of hydrogen-bond donors (Lipinski definition) is 5. The van der Waals surface area contributed by atoms with Crippen LogP contribution < -0.4 is 16.4 Å². The van der Waals surface area contributed by atoms with Gasteiger partial charge in [-0.25, -0.2) is 0 Å². The van der Waals surface area contributed by atoms with Crippen LogP contribution in [0.5, 0.6) is 0 Å². The van der Waals surface area contributed by atoms with E-state index in [0.29, 0.717) is 48.7 Å². The fourth-order valence-corrected chi connectivity index (χ4v) is 13.8. The number of fused-ring (bicyclic) bond motifs is 6. The van der Waals surface area contributed by atoms with Gasteiger partial charge in [0.05, 0.1) is 69.5 Å². The Kier molecular flexibility index (Phi) is 13.5. The van der Waals surface area contributed by atoms with Gasteiger partial charge in [-0.1, -0.05) is 13.8 Å². The van der Waals surface area contributed by atoms with Gasteiger partial charge in [0.15, 0.2) is 0 Å². The minimum absolute atomic E-state index is 0.000312. The molecule has 1 spiro atoms. The van der Waals surface area contributed by atoms with Crippen molar-refractivity contribution in [1.82, 2.24) is 0 Å². The van der Waals surface area contributed by atoms with Crippen LogP contribution in [0.4, 0.5) is 0 Å². The summed E-state index contributed by atoms with van der Waals surface area (Å²) >= 11 is 0. The highest BCUT2D eigenvalue weighted by atomic mass is 16.5. The molecule has 5 saturated carbocycles. The highest BCUT2D eigenvalue weighted by Crippen LogP contribution is 2.68. The van der Waals surface area contributed by atoms with E-state index in [0.717, 1.165) is 76.4 Å². The van der Waals surface area contributed by atoms with E-state index >= 15 is 0 Å². The zero-order valence-corrected chi connectivity index (χ0v) is 33.6. The van der Waals surface area contributed by atoms with Crippen LogP contribution in [0.25, 0.3) is 0 Å².